The Hall–Kier alpha value is -7.94. The fraction of sp³-hybridized carbons (Fsp3) is 0. The Morgan fingerprint density at radius 2 is 0.783 bits per heavy atom. The van der Waals surface area contributed by atoms with Crippen LogP contribution in [0.15, 0.2) is 241 Å². The summed E-state index contributed by atoms with van der Waals surface area (Å²) >= 11 is 0. The largest absolute Gasteiger partial charge is 0.456 e. The molecule has 0 N–H and O–H groups in total. The first-order valence-electron chi connectivity index (χ1n) is 20.5. The number of fused-ring (bicyclic) bond motifs is 4. The molecule has 0 saturated heterocycles. The highest BCUT2D eigenvalue weighted by Gasteiger charge is 2.19. The Morgan fingerprint density at radius 1 is 0.267 bits per heavy atom. The van der Waals surface area contributed by atoms with Gasteiger partial charge in [0.05, 0.1) is 5.69 Å². The number of nitrogens with zero attached hydrogens (tertiary/aromatic N) is 1. The van der Waals surface area contributed by atoms with Crippen LogP contribution in [0.25, 0.3) is 88.3 Å². The van der Waals surface area contributed by atoms with E-state index in [1.807, 2.05) is 12.1 Å². The molecule has 0 saturated carbocycles. The van der Waals surface area contributed by atoms with Crippen LogP contribution in [-0.2, 0) is 0 Å². The molecule has 0 amide bonds. The van der Waals surface area contributed by atoms with Gasteiger partial charge in [-0.3, -0.25) is 0 Å². The summed E-state index contributed by atoms with van der Waals surface area (Å²) in [6, 6.07) is 84.9. The number of hydrogen-bond donors (Lipinski definition) is 0. The minimum Gasteiger partial charge on any atom is -0.456 e. The summed E-state index contributed by atoms with van der Waals surface area (Å²) in [4.78, 5) is 2.38. The van der Waals surface area contributed by atoms with E-state index in [4.69, 9.17) is 4.42 Å². The Bertz CT molecular complexity index is 3280. The Labute approximate surface area is 349 Å². The minimum absolute atomic E-state index is 0.881. The third kappa shape index (κ3) is 6.51. The molecule has 0 fully saturated rings. The molecular formula is C58H39NO. The molecule has 0 spiro atoms. The van der Waals surface area contributed by atoms with Crippen molar-refractivity contribution in [3.05, 3.63) is 237 Å². The van der Waals surface area contributed by atoms with Gasteiger partial charge in [-0.05, 0) is 109 Å². The zero-order valence-electron chi connectivity index (χ0n) is 32.9. The molecule has 0 bridgehead atoms. The Balaban J connectivity index is 0.997. The molecule has 2 nitrogen and oxygen atoms in total. The summed E-state index contributed by atoms with van der Waals surface area (Å²) in [6.07, 6.45) is 0. The average Bonchev–Trinajstić information content (AvgIpc) is 3.70. The fourth-order valence-corrected chi connectivity index (χ4v) is 8.67. The van der Waals surface area contributed by atoms with Gasteiger partial charge in [0.1, 0.15) is 11.2 Å². The molecule has 0 unspecified atom stereocenters. The van der Waals surface area contributed by atoms with Crippen LogP contribution in [0.4, 0.5) is 17.1 Å². The lowest BCUT2D eigenvalue weighted by atomic mass is 9.96. The third-order valence-corrected chi connectivity index (χ3v) is 11.7. The lowest BCUT2D eigenvalue weighted by molar-refractivity contribution is 0.669. The standard InChI is InChI=1S/C58H39NO/c1-2-12-40(13-3-1)41-24-26-42(27-25-41)43-32-35-49(36-33-43)59(56-22-8-6-19-53(56)48-34-37-55-54-20-7-9-23-57(54)60-58(55)39-48)50-17-10-16-47(38-50)44-28-30-46(31-29-44)52-21-11-15-45-14-4-5-18-51(45)52/h1-39H. The predicted octanol–water partition coefficient (Wildman–Crippen LogP) is 16.5. The number of benzene rings is 10. The lowest BCUT2D eigenvalue weighted by Gasteiger charge is -2.28. The van der Waals surface area contributed by atoms with E-state index in [0.29, 0.717) is 0 Å². The molecule has 11 rings (SSSR count). The van der Waals surface area contributed by atoms with Crippen molar-refractivity contribution >= 4 is 49.8 Å². The summed E-state index contributed by atoms with van der Waals surface area (Å²) in [5, 5.41) is 4.76. The quantitative estimate of drug-likeness (QED) is 0.153. The van der Waals surface area contributed by atoms with Gasteiger partial charge in [0, 0.05) is 27.7 Å². The van der Waals surface area contributed by atoms with Crippen molar-refractivity contribution in [1.29, 1.82) is 0 Å². The van der Waals surface area contributed by atoms with Crippen molar-refractivity contribution in [3.63, 3.8) is 0 Å². The highest BCUT2D eigenvalue weighted by atomic mass is 16.3. The van der Waals surface area contributed by atoms with E-state index < -0.39 is 0 Å². The smallest absolute Gasteiger partial charge is 0.136 e. The maximum atomic E-state index is 6.38. The van der Waals surface area contributed by atoms with Crippen molar-refractivity contribution < 1.29 is 4.42 Å². The van der Waals surface area contributed by atoms with E-state index in [1.165, 1.54) is 49.7 Å². The van der Waals surface area contributed by atoms with Crippen molar-refractivity contribution in [2.75, 3.05) is 4.90 Å². The number of anilines is 3. The first-order chi connectivity index (χ1) is 29.7. The van der Waals surface area contributed by atoms with Gasteiger partial charge in [-0.15, -0.1) is 0 Å². The maximum absolute atomic E-state index is 6.38. The number of rotatable bonds is 8. The topological polar surface area (TPSA) is 16.4 Å². The van der Waals surface area contributed by atoms with Crippen LogP contribution >= 0.6 is 0 Å². The highest BCUT2D eigenvalue weighted by Crippen LogP contribution is 2.44. The van der Waals surface area contributed by atoms with E-state index in [9.17, 15) is 0 Å². The molecule has 0 aliphatic heterocycles. The van der Waals surface area contributed by atoms with Gasteiger partial charge in [0.25, 0.3) is 0 Å². The molecular weight excluding hydrogens is 727 g/mol. The summed E-state index contributed by atoms with van der Waals surface area (Å²) in [5.74, 6) is 0. The first-order valence-corrected chi connectivity index (χ1v) is 20.5. The fourth-order valence-electron chi connectivity index (χ4n) is 8.67. The summed E-state index contributed by atoms with van der Waals surface area (Å²) in [6.45, 7) is 0. The monoisotopic (exact) mass is 765 g/mol. The van der Waals surface area contributed by atoms with Gasteiger partial charge in [0.2, 0.25) is 0 Å². The molecule has 1 aromatic heterocycles. The first kappa shape index (κ1) is 35.2. The third-order valence-electron chi connectivity index (χ3n) is 11.7. The van der Waals surface area contributed by atoms with Crippen LogP contribution < -0.4 is 4.90 Å². The second-order valence-corrected chi connectivity index (χ2v) is 15.3. The molecule has 2 heteroatoms. The number of furan rings is 1. The lowest BCUT2D eigenvalue weighted by Crippen LogP contribution is -2.11. The zero-order chi connectivity index (χ0) is 39.8. The van der Waals surface area contributed by atoms with E-state index in [0.717, 1.165) is 55.7 Å². The van der Waals surface area contributed by atoms with Crippen LogP contribution in [0, 0.1) is 0 Å². The molecule has 0 aliphatic carbocycles. The number of hydrogen-bond acceptors (Lipinski definition) is 2. The summed E-state index contributed by atoms with van der Waals surface area (Å²) < 4.78 is 6.38. The molecule has 0 radical (unpaired) electrons. The van der Waals surface area contributed by atoms with Crippen LogP contribution in [-0.4, -0.2) is 0 Å². The molecule has 0 aliphatic rings. The molecule has 60 heavy (non-hydrogen) atoms. The highest BCUT2D eigenvalue weighted by molar-refractivity contribution is 6.06. The second kappa shape index (κ2) is 15.1. The Kier molecular flexibility index (Phi) is 8.87. The normalized spacial score (nSPS) is 11.3. The molecule has 10 aromatic carbocycles. The van der Waals surface area contributed by atoms with Gasteiger partial charge in [-0.25, -0.2) is 0 Å². The van der Waals surface area contributed by atoms with E-state index in [2.05, 4.69) is 229 Å². The van der Waals surface area contributed by atoms with Crippen LogP contribution in [0.3, 0.4) is 0 Å². The molecule has 1 heterocycles. The van der Waals surface area contributed by atoms with Crippen molar-refractivity contribution in [2.24, 2.45) is 0 Å². The SMILES string of the molecule is c1ccc(-c2ccc(-c3ccc(N(c4cccc(-c5ccc(-c6cccc7ccccc67)cc5)c4)c4ccccc4-c4ccc5c(c4)oc4ccccc45)cc3)cc2)cc1. The van der Waals surface area contributed by atoms with Crippen LogP contribution in [0.2, 0.25) is 0 Å². The van der Waals surface area contributed by atoms with Crippen LogP contribution in [0.1, 0.15) is 0 Å². The molecule has 11 aromatic rings. The van der Waals surface area contributed by atoms with Gasteiger partial charge in [0.15, 0.2) is 0 Å². The van der Waals surface area contributed by atoms with Gasteiger partial charge < -0.3 is 9.32 Å². The van der Waals surface area contributed by atoms with E-state index in [1.54, 1.807) is 0 Å². The Morgan fingerprint density at radius 3 is 1.57 bits per heavy atom. The van der Waals surface area contributed by atoms with E-state index >= 15 is 0 Å². The van der Waals surface area contributed by atoms with Crippen molar-refractivity contribution in [1.82, 2.24) is 0 Å². The molecule has 0 atom stereocenters. The van der Waals surface area contributed by atoms with E-state index in [-0.39, 0.29) is 0 Å². The maximum Gasteiger partial charge on any atom is 0.136 e. The predicted molar refractivity (Wildman–Crippen MR) is 253 cm³/mol. The number of para-hydroxylation sites is 2. The summed E-state index contributed by atoms with van der Waals surface area (Å²) in [5.41, 5.74) is 16.8. The second-order valence-electron chi connectivity index (χ2n) is 15.3. The minimum atomic E-state index is 0.881. The van der Waals surface area contributed by atoms with Gasteiger partial charge >= 0.3 is 0 Å². The van der Waals surface area contributed by atoms with Gasteiger partial charge in [-0.1, -0.05) is 188 Å². The van der Waals surface area contributed by atoms with Crippen molar-refractivity contribution in [2.45, 2.75) is 0 Å². The molecule has 282 valence electrons. The average molecular weight is 766 g/mol. The van der Waals surface area contributed by atoms with Crippen molar-refractivity contribution in [3.8, 4) is 55.6 Å². The van der Waals surface area contributed by atoms with Crippen LogP contribution in [0.5, 0.6) is 0 Å². The summed E-state index contributed by atoms with van der Waals surface area (Å²) in [7, 11) is 0. The zero-order valence-corrected chi connectivity index (χ0v) is 32.9. The van der Waals surface area contributed by atoms with Gasteiger partial charge in [-0.2, -0.15) is 0 Å².